The minimum absolute atomic E-state index is 1.22. The van der Waals surface area contributed by atoms with Crippen molar-refractivity contribution in [3.63, 3.8) is 0 Å². The Morgan fingerprint density at radius 3 is 1.08 bits per heavy atom. The number of hydrogen-bond donors (Lipinski definition) is 0. The first-order chi connectivity index (χ1) is 11.9. The van der Waals surface area contributed by atoms with E-state index in [0.29, 0.717) is 0 Å². The Morgan fingerprint density at radius 1 is 0.333 bits per heavy atom. The molecule has 0 saturated carbocycles. The van der Waals surface area contributed by atoms with Gasteiger partial charge in [-0.05, 0) is 39.4 Å². The molecule has 0 atom stereocenters. The molecule has 113 valence electrons. The SMILES string of the molecule is [c]1ccc(-c2ccc(-c3ccc(-c4ccccc4)cc3)cc2)cc1. The Balaban J connectivity index is 1.60. The number of rotatable bonds is 3. The molecule has 0 aliphatic rings. The van der Waals surface area contributed by atoms with E-state index >= 15 is 0 Å². The third kappa shape index (κ3) is 3.00. The van der Waals surface area contributed by atoms with Gasteiger partial charge in [0.1, 0.15) is 0 Å². The summed E-state index contributed by atoms with van der Waals surface area (Å²) in [6, 6.07) is 39.1. The van der Waals surface area contributed by atoms with Crippen molar-refractivity contribution in [3.8, 4) is 33.4 Å². The molecular formula is C24H17. The van der Waals surface area contributed by atoms with Crippen molar-refractivity contribution in [2.45, 2.75) is 0 Å². The van der Waals surface area contributed by atoms with Gasteiger partial charge in [0.15, 0.2) is 0 Å². The summed E-state index contributed by atoms with van der Waals surface area (Å²) < 4.78 is 0. The van der Waals surface area contributed by atoms with Crippen LogP contribution in [0.2, 0.25) is 0 Å². The molecule has 4 rings (SSSR count). The molecule has 0 unspecified atom stereocenters. The highest BCUT2D eigenvalue weighted by Gasteiger charge is 2.01. The molecule has 0 spiro atoms. The van der Waals surface area contributed by atoms with Crippen molar-refractivity contribution < 1.29 is 0 Å². The molecule has 0 bridgehead atoms. The van der Waals surface area contributed by atoms with Gasteiger partial charge in [0.25, 0.3) is 0 Å². The van der Waals surface area contributed by atoms with Crippen LogP contribution in [0.25, 0.3) is 33.4 Å². The molecule has 0 aliphatic heterocycles. The van der Waals surface area contributed by atoms with Gasteiger partial charge in [0.2, 0.25) is 0 Å². The molecule has 0 aliphatic carbocycles. The van der Waals surface area contributed by atoms with E-state index in [9.17, 15) is 0 Å². The molecule has 0 heteroatoms. The minimum Gasteiger partial charge on any atom is -0.0622 e. The first-order valence-electron chi connectivity index (χ1n) is 8.12. The predicted molar refractivity (Wildman–Crippen MR) is 102 cm³/mol. The molecule has 0 fully saturated rings. The summed E-state index contributed by atoms with van der Waals surface area (Å²) in [5, 5.41) is 0. The maximum absolute atomic E-state index is 3.06. The minimum atomic E-state index is 1.22. The van der Waals surface area contributed by atoms with Gasteiger partial charge in [-0.3, -0.25) is 0 Å². The summed E-state index contributed by atoms with van der Waals surface area (Å²) in [5.74, 6) is 0. The Kier molecular flexibility index (Phi) is 3.95. The lowest BCUT2D eigenvalue weighted by Gasteiger charge is -2.07. The highest BCUT2D eigenvalue weighted by molar-refractivity contribution is 5.73. The van der Waals surface area contributed by atoms with Crippen molar-refractivity contribution in [2.24, 2.45) is 0 Å². The highest BCUT2D eigenvalue weighted by atomic mass is 14.1. The zero-order valence-electron chi connectivity index (χ0n) is 13.3. The van der Waals surface area contributed by atoms with E-state index < -0.39 is 0 Å². The quantitative estimate of drug-likeness (QED) is 0.406. The monoisotopic (exact) mass is 305 g/mol. The molecule has 4 aromatic carbocycles. The largest absolute Gasteiger partial charge is 0.0622 e. The molecule has 0 amide bonds. The third-order valence-electron chi connectivity index (χ3n) is 4.26. The molecule has 0 N–H and O–H groups in total. The normalized spacial score (nSPS) is 10.5. The fourth-order valence-corrected chi connectivity index (χ4v) is 2.92. The summed E-state index contributed by atoms with van der Waals surface area (Å²) in [6.45, 7) is 0. The fraction of sp³-hybridized carbons (Fsp3) is 0. The van der Waals surface area contributed by atoms with Crippen molar-refractivity contribution >= 4 is 0 Å². The Bertz CT molecular complexity index is 822. The lowest BCUT2D eigenvalue weighted by atomic mass is 9.98. The van der Waals surface area contributed by atoms with Crippen LogP contribution in [0.5, 0.6) is 0 Å². The van der Waals surface area contributed by atoms with Gasteiger partial charge in [-0.2, -0.15) is 0 Å². The fourth-order valence-electron chi connectivity index (χ4n) is 2.92. The molecular weight excluding hydrogens is 288 g/mol. The first-order valence-corrected chi connectivity index (χ1v) is 8.12. The van der Waals surface area contributed by atoms with Crippen molar-refractivity contribution in [2.75, 3.05) is 0 Å². The molecule has 0 nitrogen and oxygen atoms in total. The molecule has 0 saturated heterocycles. The lowest BCUT2D eigenvalue weighted by Crippen LogP contribution is -1.81. The van der Waals surface area contributed by atoms with Crippen LogP contribution in [0.4, 0.5) is 0 Å². The summed E-state index contributed by atoms with van der Waals surface area (Å²) in [6.07, 6.45) is 0. The van der Waals surface area contributed by atoms with Crippen LogP contribution in [-0.4, -0.2) is 0 Å². The summed E-state index contributed by atoms with van der Waals surface area (Å²) in [7, 11) is 0. The lowest BCUT2D eigenvalue weighted by molar-refractivity contribution is 1.57. The Morgan fingerprint density at radius 2 is 0.667 bits per heavy atom. The second kappa shape index (κ2) is 6.55. The van der Waals surface area contributed by atoms with Crippen LogP contribution in [0.1, 0.15) is 0 Å². The molecule has 4 aromatic rings. The van der Waals surface area contributed by atoms with Crippen LogP contribution in [-0.2, 0) is 0 Å². The second-order valence-corrected chi connectivity index (χ2v) is 5.81. The summed E-state index contributed by atoms with van der Waals surface area (Å²) in [5.41, 5.74) is 7.42. The zero-order valence-corrected chi connectivity index (χ0v) is 13.3. The highest BCUT2D eigenvalue weighted by Crippen LogP contribution is 2.27. The van der Waals surface area contributed by atoms with Gasteiger partial charge in [-0.15, -0.1) is 0 Å². The molecule has 24 heavy (non-hydrogen) atoms. The molecule has 1 radical (unpaired) electrons. The van der Waals surface area contributed by atoms with Gasteiger partial charge in [-0.25, -0.2) is 0 Å². The van der Waals surface area contributed by atoms with Crippen LogP contribution >= 0.6 is 0 Å². The Hall–Kier alpha value is -3.12. The van der Waals surface area contributed by atoms with Crippen molar-refractivity contribution in [1.82, 2.24) is 0 Å². The van der Waals surface area contributed by atoms with E-state index in [1.165, 1.54) is 33.4 Å². The average Bonchev–Trinajstić information content (AvgIpc) is 2.70. The summed E-state index contributed by atoms with van der Waals surface area (Å²) in [4.78, 5) is 0. The van der Waals surface area contributed by atoms with Crippen LogP contribution in [0.15, 0.2) is 103 Å². The van der Waals surface area contributed by atoms with E-state index in [1.807, 2.05) is 18.2 Å². The van der Waals surface area contributed by atoms with E-state index in [-0.39, 0.29) is 0 Å². The topological polar surface area (TPSA) is 0 Å². The predicted octanol–water partition coefficient (Wildman–Crippen LogP) is 6.49. The van der Waals surface area contributed by atoms with Gasteiger partial charge >= 0.3 is 0 Å². The second-order valence-electron chi connectivity index (χ2n) is 5.81. The smallest absolute Gasteiger partial charge is 0.0184 e. The van der Waals surface area contributed by atoms with Crippen LogP contribution in [0.3, 0.4) is 0 Å². The van der Waals surface area contributed by atoms with Crippen LogP contribution in [0, 0.1) is 6.07 Å². The van der Waals surface area contributed by atoms with Crippen molar-refractivity contribution in [1.29, 1.82) is 0 Å². The maximum Gasteiger partial charge on any atom is -0.0184 e. The van der Waals surface area contributed by atoms with Crippen molar-refractivity contribution in [3.05, 3.63) is 109 Å². The zero-order chi connectivity index (χ0) is 16.2. The van der Waals surface area contributed by atoms with Gasteiger partial charge in [0.05, 0.1) is 0 Å². The van der Waals surface area contributed by atoms with Gasteiger partial charge in [-0.1, -0.05) is 103 Å². The van der Waals surface area contributed by atoms with E-state index in [0.717, 1.165) is 0 Å². The average molecular weight is 305 g/mol. The van der Waals surface area contributed by atoms with E-state index in [2.05, 4.69) is 91.0 Å². The Labute approximate surface area is 143 Å². The van der Waals surface area contributed by atoms with E-state index in [1.54, 1.807) is 0 Å². The number of hydrogen-bond acceptors (Lipinski definition) is 0. The number of benzene rings is 4. The molecule has 0 heterocycles. The summed E-state index contributed by atoms with van der Waals surface area (Å²) >= 11 is 0. The molecule has 0 aromatic heterocycles. The maximum atomic E-state index is 3.06. The first kappa shape index (κ1) is 14.5. The van der Waals surface area contributed by atoms with Crippen LogP contribution < -0.4 is 0 Å². The van der Waals surface area contributed by atoms with Gasteiger partial charge in [0, 0.05) is 0 Å². The third-order valence-corrected chi connectivity index (χ3v) is 4.26. The standard InChI is InChI=1S/C24H17/c1-3-7-19(8-4-1)21-11-15-23(16-12-21)24-17-13-22(14-18-24)20-9-5-2-6-10-20/h1,3-18H. The van der Waals surface area contributed by atoms with Gasteiger partial charge < -0.3 is 0 Å². The van der Waals surface area contributed by atoms with E-state index in [4.69, 9.17) is 0 Å².